The molecule has 0 aliphatic rings. The number of ether oxygens (including phenoxy) is 1. The van der Waals surface area contributed by atoms with Gasteiger partial charge in [0.15, 0.2) is 11.5 Å². The highest BCUT2D eigenvalue weighted by molar-refractivity contribution is 5.86. The Morgan fingerprint density at radius 3 is 3.00 bits per heavy atom. The van der Waals surface area contributed by atoms with E-state index in [-0.39, 0.29) is 6.04 Å². The Morgan fingerprint density at radius 2 is 2.26 bits per heavy atom. The molecule has 7 nitrogen and oxygen atoms in total. The summed E-state index contributed by atoms with van der Waals surface area (Å²) in [5.74, 6) is 2.43. The Kier molecular flexibility index (Phi) is 4.57. The molecule has 0 unspecified atom stereocenters. The molecule has 3 heterocycles. The van der Waals surface area contributed by atoms with Gasteiger partial charge in [0.25, 0.3) is 0 Å². The SMILES string of the molecule is COCc1nc(N[C@@H](C)CCc2ccco2)c2cnn(C)c2n1. The highest BCUT2D eigenvalue weighted by atomic mass is 16.5. The van der Waals surface area contributed by atoms with E-state index in [9.17, 15) is 0 Å². The van der Waals surface area contributed by atoms with E-state index >= 15 is 0 Å². The molecule has 1 N–H and O–H groups in total. The summed E-state index contributed by atoms with van der Waals surface area (Å²) in [7, 11) is 3.51. The number of fused-ring (bicyclic) bond motifs is 1. The van der Waals surface area contributed by atoms with E-state index in [2.05, 4.69) is 27.3 Å². The van der Waals surface area contributed by atoms with Crippen molar-refractivity contribution in [2.24, 2.45) is 7.05 Å². The smallest absolute Gasteiger partial charge is 0.163 e. The number of hydrogen-bond donors (Lipinski definition) is 1. The summed E-state index contributed by atoms with van der Waals surface area (Å²) < 4.78 is 12.3. The number of aryl methyl sites for hydroxylation is 2. The van der Waals surface area contributed by atoms with Crippen LogP contribution in [0.4, 0.5) is 5.82 Å². The van der Waals surface area contributed by atoms with Gasteiger partial charge in [-0.3, -0.25) is 4.68 Å². The molecule has 3 aromatic rings. The number of hydrogen-bond acceptors (Lipinski definition) is 6. The minimum absolute atomic E-state index is 0.244. The fourth-order valence-corrected chi connectivity index (χ4v) is 2.49. The van der Waals surface area contributed by atoms with Crippen LogP contribution >= 0.6 is 0 Å². The molecule has 0 saturated heterocycles. The van der Waals surface area contributed by atoms with Crippen molar-refractivity contribution in [2.75, 3.05) is 12.4 Å². The molecule has 0 amide bonds. The van der Waals surface area contributed by atoms with E-state index in [4.69, 9.17) is 9.15 Å². The summed E-state index contributed by atoms with van der Waals surface area (Å²) in [6, 6.07) is 4.15. The zero-order chi connectivity index (χ0) is 16.2. The average molecular weight is 315 g/mol. The van der Waals surface area contributed by atoms with Crippen molar-refractivity contribution < 1.29 is 9.15 Å². The van der Waals surface area contributed by atoms with Gasteiger partial charge in [-0.15, -0.1) is 0 Å². The largest absolute Gasteiger partial charge is 0.469 e. The van der Waals surface area contributed by atoms with Gasteiger partial charge < -0.3 is 14.5 Å². The van der Waals surface area contributed by atoms with Crippen molar-refractivity contribution in [1.29, 1.82) is 0 Å². The molecule has 122 valence electrons. The Labute approximate surface area is 134 Å². The van der Waals surface area contributed by atoms with Gasteiger partial charge in [0, 0.05) is 26.6 Å². The predicted octanol–water partition coefficient (Wildman–Crippen LogP) is 2.54. The van der Waals surface area contributed by atoms with Crippen LogP contribution in [0.5, 0.6) is 0 Å². The van der Waals surface area contributed by atoms with Crippen LogP contribution in [0.2, 0.25) is 0 Å². The summed E-state index contributed by atoms with van der Waals surface area (Å²) in [4.78, 5) is 9.05. The van der Waals surface area contributed by atoms with Gasteiger partial charge in [0.05, 0.1) is 17.8 Å². The zero-order valence-corrected chi connectivity index (χ0v) is 13.6. The number of anilines is 1. The van der Waals surface area contributed by atoms with Crippen LogP contribution < -0.4 is 5.32 Å². The molecule has 0 saturated carbocycles. The minimum Gasteiger partial charge on any atom is -0.469 e. The number of furan rings is 1. The zero-order valence-electron chi connectivity index (χ0n) is 13.6. The number of nitrogens with one attached hydrogen (secondary N) is 1. The number of rotatable bonds is 7. The maximum Gasteiger partial charge on any atom is 0.163 e. The van der Waals surface area contributed by atoms with Gasteiger partial charge in [0.1, 0.15) is 18.2 Å². The second-order valence-corrected chi connectivity index (χ2v) is 5.59. The van der Waals surface area contributed by atoms with Crippen molar-refractivity contribution in [3.63, 3.8) is 0 Å². The highest BCUT2D eigenvalue weighted by Crippen LogP contribution is 2.21. The highest BCUT2D eigenvalue weighted by Gasteiger charge is 2.13. The average Bonchev–Trinajstić information content (AvgIpc) is 3.16. The lowest BCUT2D eigenvalue weighted by molar-refractivity contribution is 0.178. The van der Waals surface area contributed by atoms with E-state index in [0.29, 0.717) is 12.4 Å². The van der Waals surface area contributed by atoms with Crippen molar-refractivity contribution in [1.82, 2.24) is 19.7 Å². The lowest BCUT2D eigenvalue weighted by atomic mass is 10.1. The summed E-state index contributed by atoms with van der Waals surface area (Å²) >= 11 is 0. The molecular formula is C16H21N5O2. The van der Waals surface area contributed by atoms with Gasteiger partial charge >= 0.3 is 0 Å². The van der Waals surface area contributed by atoms with E-state index < -0.39 is 0 Å². The summed E-state index contributed by atoms with van der Waals surface area (Å²) in [6.07, 6.45) is 5.31. The first-order valence-corrected chi connectivity index (χ1v) is 7.64. The third-order valence-electron chi connectivity index (χ3n) is 3.70. The third-order valence-corrected chi connectivity index (χ3v) is 3.70. The van der Waals surface area contributed by atoms with Gasteiger partial charge in [-0.2, -0.15) is 5.10 Å². The van der Waals surface area contributed by atoms with Crippen LogP contribution in [0.1, 0.15) is 24.9 Å². The van der Waals surface area contributed by atoms with Crippen molar-refractivity contribution in [3.05, 3.63) is 36.2 Å². The van der Waals surface area contributed by atoms with E-state index in [1.807, 2.05) is 19.2 Å². The number of methoxy groups -OCH3 is 1. The van der Waals surface area contributed by atoms with Crippen LogP contribution in [-0.2, 0) is 24.8 Å². The second kappa shape index (κ2) is 6.78. The Balaban J connectivity index is 1.77. The topological polar surface area (TPSA) is 78.0 Å². The molecule has 3 rings (SSSR count). The molecule has 3 aromatic heterocycles. The predicted molar refractivity (Wildman–Crippen MR) is 87.1 cm³/mol. The Morgan fingerprint density at radius 1 is 1.39 bits per heavy atom. The normalized spacial score (nSPS) is 12.7. The molecule has 0 fully saturated rings. The van der Waals surface area contributed by atoms with Crippen molar-refractivity contribution >= 4 is 16.9 Å². The number of aromatic nitrogens is 4. The lowest BCUT2D eigenvalue weighted by Crippen LogP contribution is -2.18. The third kappa shape index (κ3) is 3.50. The van der Waals surface area contributed by atoms with Crippen LogP contribution in [0.25, 0.3) is 11.0 Å². The molecule has 0 aromatic carbocycles. The number of nitrogens with zero attached hydrogens (tertiary/aromatic N) is 4. The molecule has 0 aliphatic carbocycles. The Bertz CT molecular complexity index is 766. The fraction of sp³-hybridized carbons (Fsp3) is 0.438. The fourth-order valence-electron chi connectivity index (χ4n) is 2.49. The molecule has 0 spiro atoms. The minimum atomic E-state index is 0.244. The van der Waals surface area contributed by atoms with Crippen molar-refractivity contribution in [2.45, 2.75) is 32.4 Å². The molecule has 0 bridgehead atoms. The van der Waals surface area contributed by atoms with Crippen molar-refractivity contribution in [3.8, 4) is 0 Å². The maximum absolute atomic E-state index is 5.38. The van der Waals surface area contributed by atoms with Crippen LogP contribution in [-0.4, -0.2) is 32.9 Å². The molecule has 7 heteroatoms. The van der Waals surface area contributed by atoms with Gasteiger partial charge in [-0.1, -0.05) is 0 Å². The quantitative estimate of drug-likeness (QED) is 0.722. The standard InChI is InChI=1S/C16H21N5O2/c1-11(6-7-12-5-4-8-23-12)18-15-13-9-17-21(2)16(13)20-14(19-15)10-22-3/h4-5,8-9,11H,6-7,10H2,1-3H3,(H,18,19,20)/t11-/m0/s1. The molecule has 0 radical (unpaired) electrons. The van der Waals surface area contributed by atoms with Gasteiger partial charge in [0.2, 0.25) is 0 Å². The lowest BCUT2D eigenvalue weighted by Gasteiger charge is -2.15. The first-order chi connectivity index (χ1) is 11.2. The summed E-state index contributed by atoms with van der Waals surface area (Å²) in [5, 5.41) is 8.64. The van der Waals surface area contributed by atoms with E-state index in [1.165, 1.54) is 0 Å². The van der Waals surface area contributed by atoms with E-state index in [0.717, 1.165) is 35.5 Å². The summed E-state index contributed by atoms with van der Waals surface area (Å²) in [5.41, 5.74) is 0.799. The molecule has 23 heavy (non-hydrogen) atoms. The van der Waals surface area contributed by atoms with Crippen LogP contribution in [0.15, 0.2) is 29.0 Å². The Hall–Kier alpha value is -2.41. The van der Waals surface area contributed by atoms with Gasteiger partial charge in [-0.25, -0.2) is 9.97 Å². The van der Waals surface area contributed by atoms with Gasteiger partial charge in [-0.05, 0) is 25.5 Å². The van der Waals surface area contributed by atoms with E-state index in [1.54, 1.807) is 24.3 Å². The summed E-state index contributed by atoms with van der Waals surface area (Å²) in [6.45, 7) is 2.50. The second-order valence-electron chi connectivity index (χ2n) is 5.59. The van der Waals surface area contributed by atoms with Crippen LogP contribution in [0, 0.1) is 0 Å². The molecular weight excluding hydrogens is 294 g/mol. The first kappa shape index (κ1) is 15.5. The maximum atomic E-state index is 5.38. The molecule has 0 aliphatic heterocycles. The first-order valence-electron chi connectivity index (χ1n) is 7.64. The monoisotopic (exact) mass is 315 g/mol. The molecule has 1 atom stereocenters. The van der Waals surface area contributed by atoms with Crippen LogP contribution in [0.3, 0.4) is 0 Å².